The topological polar surface area (TPSA) is 88.3 Å². The maximum Gasteiger partial charge on any atom is 0.325 e. The van der Waals surface area contributed by atoms with Gasteiger partial charge in [-0.05, 0) is 25.1 Å². The van der Waals surface area contributed by atoms with Crippen LogP contribution in [-0.2, 0) is 16.9 Å². The fourth-order valence-electron chi connectivity index (χ4n) is 3.05. The van der Waals surface area contributed by atoms with Crippen LogP contribution in [-0.4, -0.2) is 27.0 Å². The van der Waals surface area contributed by atoms with Gasteiger partial charge in [0.25, 0.3) is 11.8 Å². The number of nitrogens with zero attached hydrogens (tertiary/aromatic N) is 3. The summed E-state index contributed by atoms with van der Waals surface area (Å²) in [4.78, 5) is 30.9. The molecule has 0 bridgehead atoms. The molecule has 1 saturated heterocycles. The smallest absolute Gasteiger partial charge is 0.325 e. The van der Waals surface area contributed by atoms with Crippen molar-refractivity contribution < 1.29 is 14.1 Å². The van der Waals surface area contributed by atoms with E-state index < -0.39 is 11.6 Å². The Morgan fingerprint density at radius 1 is 1.11 bits per heavy atom. The predicted molar refractivity (Wildman–Crippen MR) is 100 cm³/mol. The number of aromatic nitrogens is 2. The minimum atomic E-state index is -1.16. The molecule has 0 radical (unpaired) electrons. The maximum absolute atomic E-state index is 13.0. The van der Waals surface area contributed by atoms with Crippen molar-refractivity contribution in [2.45, 2.75) is 19.0 Å². The number of rotatable bonds is 4. The number of nitrogens with one attached hydrogen (secondary N) is 1. The Hall–Kier alpha value is -3.00. The molecule has 0 saturated carbocycles. The van der Waals surface area contributed by atoms with Crippen LogP contribution in [0, 0.1) is 0 Å². The van der Waals surface area contributed by atoms with Gasteiger partial charge in [-0.15, -0.1) is 0 Å². The number of carbonyl (C=O) groups excluding carboxylic acids is 2. The fraction of sp³-hybridized carbons (Fsp3) is 0.158. The predicted octanol–water partition coefficient (Wildman–Crippen LogP) is 3.47. The molecule has 1 aromatic heterocycles. The van der Waals surface area contributed by atoms with Gasteiger partial charge in [0.15, 0.2) is 5.82 Å². The lowest BCUT2D eigenvalue weighted by Gasteiger charge is -2.23. The SMILES string of the molecule is CC1(c2ccccc2Br)NC(=O)N(Cc2noc(-c3ccccc3)n2)C1=O. The average molecular weight is 427 g/mol. The Labute approximate surface area is 163 Å². The van der Waals surface area contributed by atoms with Gasteiger partial charge in [-0.1, -0.05) is 57.5 Å². The molecular weight excluding hydrogens is 412 g/mol. The highest BCUT2D eigenvalue weighted by atomic mass is 79.9. The first-order chi connectivity index (χ1) is 13.0. The Bertz CT molecular complexity index is 1020. The third kappa shape index (κ3) is 3.02. The molecule has 1 aliphatic heterocycles. The van der Waals surface area contributed by atoms with Crippen molar-refractivity contribution >= 4 is 27.9 Å². The highest BCUT2D eigenvalue weighted by molar-refractivity contribution is 9.10. The summed E-state index contributed by atoms with van der Waals surface area (Å²) in [6, 6.07) is 16.1. The van der Waals surface area contributed by atoms with Crippen LogP contribution in [0.2, 0.25) is 0 Å². The van der Waals surface area contributed by atoms with E-state index >= 15 is 0 Å². The second kappa shape index (κ2) is 6.62. The number of halogens is 1. The number of benzene rings is 2. The zero-order valence-electron chi connectivity index (χ0n) is 14.3. The van der Waals surface area contributed by atoms with E-state index in [-0.39, 0.29) is 18.3 Å². The largest absolute Gasteiger partial charge is 0.334 e. The number of hydrogen-bond acceptors (Lipinski definition) is 5. The van der Waals surface area contributed by atoms with Crippen molar-refractivity contribution in [3.05, 3.63) is 70.5 Å². The number of carbonyl (C=O) groups is 2. The Morgan fingerprint density at radius 3 is 2.56 bits per heavy atom. The van der Waals surface area contributed by atoms with Gasteiger partial charge in [0, 0.05) is 15.6 Å². The molecule has 1 fully saturated rings. The number of amides is 3. The minimum Gasteiger partial charge on any atom is -0.334 e. The molecule has 27 heavy (non-hydrogen) atoms. The van der Waals surface area contributed by atoms with E-state index in [0.29, 0.717) is 11.5 Å². The number of urea groups is 1. The Kier molecular flexibility index (Phi) is 4.27. The lowest BCUT2D eigenvalue weighted by molar-refractivity contribution is -0.131. The first-order valence-corrected chi connectivity index (χ1v) is 9.05. The summed E-state index contributed by atoms with van der Waals surface area (Å²) in [5.41, 5.74) is 0.291. The maximum atomic E-state index is 13.0. The highest BCUT2D eigenvalue weighted by Gasteiger charge is 2.50. The normalized spacial score (nSPS) is 19.4. The molecule has 0 spiro atoms. The summed E-state index contributed by atoms with van der Waals surface area (Å²) < 4.78 is 5.99. The molecule has 1 unspecified atom stereocenters. The van der Waals surface area contributed by atoms with Gasteiger partial charge in [0.05, 0.1) is 6.54 Å². The Morgan fingerprint density at radius 2 is 1.81 bits per heavy atom. The van der Waals surface area contributed by atoms with Crippen molar-refractivity contribution in [2.75, 3.05) is 0 Å². The van der Waals surface area contributed by atoms with Crippen LogP contribution in [0.4, 0.5) is 4.79 Å². The summed E-state index contributed by atoms with van der Waals surface area (Å²) >= 11 is 3.44. The van der Waals surface area contributed by atoms with Crippen LogP contribution in [0.3, 0.4) is 0 Å². The van der Waals surface area contributed by atoms with E-state index in [1.165, 1.54) is 0 Å². The van der Waals surface area contributed by atoms with E-state index in [2.05, 4.69) is 31.4 Å². The minimum absolute atomic E-state index is 0.0684. The van der Waals surface area contributed by atoms with Crippen molar-refractivity contribution in [3.8, 4) is 11.5 Å². The molecule has 3 aromatic rings. The van der Waals surface area contributed by atoms with E-state index in [4.69, 9.17) is 4.52 Å². The molecule has 4 rings (SSSR count). The monoisotopic (exact) mass is 426 g/mol. The van der Waals surface area contributed by atoms with Crippen LogP contribution >= 0.6 is 15.9 Å². The molecule has 7 nitrogen and oxygen atoms in total. The van der Waals surface area contributed by atoms with E-state index in [1.54, 1.807) is 13.0 Å². The van der Waals surface area contributed by atoms with Gasteiger partial charge in [0.2, 0.25) is 0 Å². The van der Waals surface area contributed by atoms with Crippen LogP contribution in [0.5, 0.6) is 0 Å². The second-order valence-corrected chi connectivity index (χ2v) is 7.16. The first-order valence-electron chi connectivity index (χ1n) is 8.26. The van der Waals surface area contributed by atoms with Crippen LogP contribution in [0.25, 0.3) is 11.5 Å². The van der Waals surface area contributed by atoms with Crippen LogP contribution < -0.4 is 5.32 Å². The zero-order chi connectivity index (χ0) is 19.0. The molecule has 2 heterocycles. The summed E-state index contributed by atoms with van der Waals surface area (Å²) in [5, 5.41) is 6.66. The molecule has 0 aliphatic carbocycles. The summed E-state index contributed by atoms with van der Waals surface area (Å²) in [6.07, 6.45) is 0. The molecule has 1 N–H and O–H groups in total. The first kappa shape index (κ1) is 17.4. The van der Waals surface area contributed by atoms with E-state index in [9.17, 15) is 9.59 Å². The fourth-order valence-corrected chi connectivity index (χ4v) is 3.73. The number of imide groups is 1. The van der Waals surface area contributed by atoms with Gasteiger partial charge in [-0.25, -0.2) is 4.79 Å². The van der Waals surface area contributed by atoms with Crippen molar-refractivity contribution in [1.29, 1.82) is 0 Å². The molecule has 1 atom stereocenters. The highest BCUT2D eigenvalue weighted by Crippen LogP contribution is 2.34. The average Bonchev–Trinajstić information content (AvgIpc) is 3.22. The third-order valence-electron chi connectivity index (χ3n) is 4.48. The summed E-state index contributed by atoms with van der Waals surface area (Å²) in [5.74, 6) is 0.227. The standard InChI is InChI=1S/C19H15BrN4O3/c1-19(13-9-5-6-10-14(13)20)17(25)24(18(26)22-19)11-15-21-16(27-23-15)12-7-3-2-4-8-12/h2-10H,11H2,1H3,(H,22,26). The van der Waals surface area contributed by atoms with Gasteiger partial charge < -0.3 is 9.84 Å². The van der Waals surface area contributed by atoms with Gasteiger partial charge in [-0.3, -0.25) is 9.69 Å². The summed E-state index contributed by atoms with van der Waals surface area (Å²) in [7, 11) is 0. The van der Waals surface area contributed by atoms with Gasteiger partial charge in [0.1, 0.15) is 5.54 Å². The molecule has 136 valence electrons. The quantitative estimate of drug-likeness (QED) is 0.645. The van der Waals surface area contributed by atoms with Gasteiger partial charge >= 0.3 is 6.03 Å². The van der Waals surface area contributed by atoms with Crippen molar-refractivity contribution in [2.24, 2.45) is 0 Å². The number of hydrogen-bond donors (Lipinski definition) is 1. The van der Waals surface area contributed by atoms with Crippen LogP contribution in [0.1, 0.15) is 18.3 Å². The zero-order valence-corrected chi connectivity index (χ0v) is 15.9. The summed E-state index contributed by atoms with van der Waals surface area (Å²) in [6.45, 7) is 1.61. The molecule has 1 aliphatic rings. The van der Waals surface area contributed by atoms with Crippen molar-refractivity contribution in [1.82, 2.24) is 20.4 Å². The van der Waals surface area contributed by atoms with Crippen LogP contribution in [0.15, 0.2) is 63.6 Å². The van der Waals surface area contributed by atoms with Crippen molar-refractivity contribution in [3.63, 3.8) is 0 Å². The van der Waals surface area contributed by atoms with E-state index in [1.807, 2.05) is 48.5 Å². The molecule has 3 amide bonds. The Balaban J connectivity index is 1.59. The molecule has 8 heteroatoms. The molecule has 2 aromatic carbocycles. The second-order valence-electron chi connectivity index (χ2n) is 6.31. The van der Waals surface area contributed by atoms with E-state index in [0.717, 1.165) is 14.9 Å². The third-order valence-corrected chi connectivity index (χ3v) is 5.17. The molecular formula is C19H15BrN4O3. The lowest BCUT2D eigenvalue weighted by atomic mass is 9.92. The van der Waals surface area contributed by atoms with Gasteiger partial charge in [-0.2, -0.15) is 4.98 Å². The lowest BCUT2D eigenvalue weighted by Crippen LogP contribution is -2.41.